The van der Waals surface area contributed by atoms with E-state index in [0.29, 0.717) is 5.02 Å². The molecule has 2 rings (SSSR count). The lowest BCUT2D eigenvalue weighted by Crippen LogP contribution is -2.91. The van der Waals surface area contributed by atoms with Gasteiger partial charge in [-0.3, -0.25) is 4.79 Å². The lowest BCUT2D eigenvalue weighted by molar-refractivity contribution is -0.709. The Balaban J connectivity index is 1.99. The predicted octanol–water partition coefficient (Wildman–Crippen LogP) is 3.30. The first-order valence-corrected chi connectivity index (χ1v) is 7.82. The number of carbonyl (C=O) groups is 1. The Hall–Kier alpha value is -1.84. The maximum absolute atomic E-state index is 12.4. The van der Waals surface area contributed by atoms with Crippen molar-refractivity contribution in [1.29, 1.82) is 0 Å². The number of hydrogen-bond acceptors (Lipinski definition) is 1. The van der Waals surface area contributed by atoms with E-state index in [2.05, 4.69) is 29.7 Å². The van der Waals surface area contributed by atoms with Crippen molar-refractivity contribution in [1.82, 2.24) is 0 Å². The zero-order chi connectivity index (χ0) is 16.1. The summed E-state index contributed by atoms with van der Waals surface area (Å²) in [6.45, 7) is 5.91. The van der Waals surface area contributed by atoms with Crippen LogP contribution in [-0.4, -0.2) is 11.9 Å². The standard InChI is InChI=1S/C18H21ClN2O/c1-12-16(19)10-7-11-17(12)21-18(22)14(3)20-13(2)15-8-5-4-6-9-15/h4-11,13-14,20H,1-3H3,(H,21,22)/p+1/t13-,14+/m1/s1. The highest BCUT2D eigenvalue weighted by molar-refractivity contribution is 6.31. The Morgan fingerprint density at radius 3 is 2.45 bits per heavy atom. The van der Waals surface area contributed by atoms with Crippen molar-refractivity contribution >= 4 is 23.2 Å². The van der Waals surface area contributed by atoms with E-state index < -0.39 is 0 Å². The van der Waals surface area contributed by atoms with E-state index in [4.69, 9.17) is 11.6 Å². The molecule has 0 aromatic heterocycles. The summed E-state index contributed by atoms with van der Waals surface area (Å²) in [6.07, 6.45) is 0. The van der Waals surface area contributed by atoms with Crippen LogP contribution in [0.3, 0.4) is 0 Å². The van der Waals surface area contributed by atoms with Crippen molar-refractivity contribution in [3.63, 3.8) is 0 Å². The molecule has 2 aromatic carbocycles. The van der Waals surface area contributed by atoms with Gasteiger partial charge in [0.1, 0.15) is 6.04 Å². The minimum atomic E-state index is -0.186. The van der Waals surface area contributed by atoms with E-state index in [1.807, 2.05) is 50.2 Å². The topological polar surface area (TPSA) is 45.7 Å². The number of nitrogens with two attached hydrogens (primary N) is 1. The van der Waals surface area contributed by atoms with Gasteiger partial charge in [0.2, 0.25) is 0 Å². The van der Waals surface area contributed by atoms with E-state index >= 15 is 0 Å². The quantitative estimate of drug-likeness (QED) is 0.873. The molecule has 22 heavy (non-hydrogen) atoms. The predicted molar refractivity (Wildman–Crippen MR) is 91.1 cm³/mol. The van der Waals surface area contributed by atoms with Gasteiger partial charge >= 0.3 is 0 Å². The zero-order valence-electron chi connectivity index (χ0n) is 13.1. The number of halogens is 1. The second-order valence-corrected chi connectivity index (χ2v) is 5.99. The van der Waals surface area contributed by atoms with Crippen molar-refractivity contribution in [3.05, 3.63) is 64.7 Å². The van der Waals surface area contributed by atoms with E-state index in [-0.39, 0.29) is 18.0 Å². The third-order valence-corrected chi connectivity index (χ3v) is 4.25. The van der Waals surface area contributed by atoms with Gasteiger partial charge < -0.3 is 10.6 Å². The van der Waals surface area contributed by atoms with Crippen LogP contribution >= 0.6 is 11.6 Å². The minimum Gasteiger partial charge on any atom is -0.330 e. The molecule has 0 radical (unpaired) electrons. The van der Waals surface area contributed by atoms with E-state index in [1.165, 1.54) is 5.56 Å². The van der Waals surface area contributed by atoms with Crippen LogP contribution in [0.5, 0.6) is 0 Å². The second-order valence-electron chi connectivity index (χ2n) is 5.58. The second kappa shape index (κ2) is 7.43. The molecule has 0 aliphatic heterocycles. The Kier molecular flexibility index (Phi) is 5.58. The minimum absolute atomic E-state index is 0.0202. The van der Waals surface area contributed by atoms with Crippen LogP contribution in [0.25, 0.3) is 0 Å². The molecule has 116 valence electrons. The van der Waals surface area contributed by atoms with Crippen molar-refractivity contribution in [3.8, 4) is 0 Å². The molecule has 0 spiro atoms. The molecule has 1 amide bonds. The van der Waals surface area contributed by atoms with Crippen LogP contribution in [0.2, 0.25) is 5.02 Å². The van der Waals surface area contributed by atoms with Crippen molar-refractivity contribution in [2.24, 2.45) is 0 Å². The van der Waals surface area contributed by atoms with Gasteiger partial charge in [0.25, 0.3) is 5.91 Å². The van der Waals surface area contributed by atoms with Gasteiger partial charge in [0, 0.05) is 16.3 Å². The first kappa shape index (κ1) is 16.5. The summed E-state index contributed by atoms with van der Waals surface area (Å²) in [5.74, 6) is -0.0202. The molecule has 0 fully saturated rings. The molecule has 0 aliphatic rings. The highest BCUT2D eigenvalue weighted by Crippen LogP contribution is 2.22. The van der Waals surface area contributed by atoms with E-state index in [9.17, 15) is 4.79 Å². The Morgan fingerprint density at radius 2 is 1.77 bits per heavy atom. The fraction of sp³-hybridized carbons (Fsp3) is 0.278. The number of rotatable bonds is 5. The van der Waals surface area contributed by atoms with Crippen LogP contribution in [-0.2, 0) is 4.79 Å². The smallest absolute Gasteiger partial charge is 0.282 e. The third-order valence-electron chi connectivity index (χ3n) is 3.84. The van der Waals surface area contributed by atoms with Crippen molar-refractivity contribution in [2.45, 2.75) is 32.9 Å². The summed E-state index contributed by atoms with van der Waals surface area (Å²) in [6, 6.07) is 15.7. The number of benzene rings is 2. The van der Waals surface area contributed by atoms with Gasteiger partial charge in [0.15, 0.2) is 6.04 Å². The molecule has 0 saturated carbocycles. The molecule has 0 heterocycles. The summed E-state index contributed by atoms with van der Waals surface area (Å²) >= 11 is 6.08. The van der Waals surface area contributed by atoms with Gasteiger partial charge in [-0.25, -0.2) is 0 Å². The first-order chi connectivity index (χ1) is 10.5. The summed E-state index contributed by atoms with van der Waals surface area (Å²) in [4.78, 5) is 12.4. The average Bonchev–Trinajstić information content (AvgIpc) is 2.52. The largest absolute Gasteiger partial charge is 0.330 e. The van der Waals surface area contributed by atoms with Gasteiger partial charge in [0.05, 0.1) is 0 Å². The molecular formula is C18H22ClN2O+. The molecule has 0 saturated heterocycles. The fourth-order valence-corrected chi connectivity index (χ4v) is 2.55. The molecule has 0 unspecified atom stereocenters. The average molecular weight is 318 g/mol. The van der Waals surface area contributed by atoms with Crippen molar-refractivity contribution in [2.75, 3.05) is 5.32 Å². The summed E-state index contributed by atoms with van der Waals surface area (Å²) in [5, 5.41) is 5.67. The van der Waals surface area contributed by atoms with Gasteiger partial charge in [-0.1, -0.05) is 48.0 Å². The summed E-state index contributed by atoms with van der Waals surface area (Å²) in [5.41, 5.74) is 2.87. The zero-order valence-corrected chi connectivity index (χ0v) is 13.9. The van der Waals surface area contributed by atoms with Crippen LogP contribution in [0.15, 0.2) is 48.5 Å². The highest BCUT2D eigenvalue weighted by atomic mass is 35.5. The lowest BCUT2D eigenvalue weighted by atomic mass is 10.1. The van der Waals surface area contributed by atoms with Crippen LogP contribution in [0, 0.1) is 6.92 Å². The number of quaternary nitrogens is 1. The molecule has 2 atom stereocenters. The Bertz CT molecular complexity index is 643. The molecule has 3 nitrogen and oxygen atoms in total. The lowest BCUT2D eigenvalue weighted by Gasteiger charge is -2.17. The van der Waals surface area contributed by atoms with Crippen LogP contribution in [0.4, 0.5) is 5.69 Å². The molecule has 0 bridgehead atoms. The normalized spacial score (nSPS) is 13.5. The SMILES string of the molecule is Cc1c(Cl)cccc1NC(=O)[C@H](C)[NH2+][C@H](C)c1ccccc1. The van der Waals surface area contributed by atoms with Gasteiger partial charge in [-0.05, 0) is 38.5 Å². The van der Waals surface area contributed by atoms with Crippen LogP contribution in [0.1, 0.15) is 31.0 Å². The van der Waals surface area contributed by atoms with Gasteiger partial charge in [-0.15, -0.1) is 0 Å². The number of nitrogens with one attached hydrogen (secondary N) is 1. The molecule has 0 aliphatic carbocycles. The van der Waals surface area contributed by atoms with Crippen LogP contribution < -0.4 is 10.6 Å². The number of hydrogen-bond donors (Lipinski definition) is 2. The molecule has 2 aromatic rings. The Labute approximate surface area is 136 Å². The number of carbonyl (C=O) groups excluding carboxylic acids is 1. The maximum Gasteiger partial charge on any atom is 0.282 e. The maximum atomic E-state index is 12.4. The van der Waals surface area contributed by atoms with Gasteiger partial charge in [-0.2, -0.15) is 0 Å². The number of anilines is 1. The highest BCUT2D eigenvalue weighted by Gasteiger charge is 2.20. The number of amides is 1. The molecular weight excluding hydrogens is 296 g/mol. The fourth-order valence-electron chi connectivity index (χ4n) is 2.38. The summed E-state index contributed by atoms with van der Waals surface area (Å²) in [7, 11) is 0. The van der Waals surface area contributed by atoms with E-state index in [0.717, 1.165) is 11.3 Å². The monoisotopic (exact) mass is 317 g/mol. The Morgan fingerprint density at radius 1 is 1.09 bits per heavy atom. The first-order valence-electron chi connectivity index (χ1n) is 7.45. The molecule has 4 heteroatoms. The third kappa shape index (κ3) is 4.09. The summed E-state index contributed by atoms with van der Waals surface area (Å²) < 4.78 is 0. The molecule has 3 N–H and O–H groups in total. The van der Waals surface area contributed by atoms with Crippen molar-refractivity contribution < 1.29 is 10.1 Å². The van der Waals surface area contributed by atoms with E-state index in [1.54, 1.807) is 0 Å².